The van der Waals surface area contributed by atoms with Gasteiger partial charge in [0.15, 0.2) is 8.32 Å². The molecule has 1 fully saturated rings. The van der Waals surface area contributed by atoms with Crippen molar-refractivity contribution >= 4 is 8.32 Å². The van der Waals surface area contributed by atoms with Gasteiger partial charge in [-0.1, -0.05) is 34.1 Å². The molecule has 0 spiro atoms. The molecule has 15 heavy (non-hydrogen) atoms. The molecule has 0 aromatic heterocycles. The van der Waals surface area contributed by atoms with E-state index in [1.54, 1.807) is 0 Å². The van der Waals surface area contributed by atoms with E-state index in [4.69, 9.17) is 4.43 Å². The highest BCUT2D eigenvalue weighted by atomic mass is 28.4. The molecule has 2 atom stereocenters. The highest BCUT2D eigenvalue weighted by Crippen LogP contribution is 2.40. The minimum Gasteiger partial charge on any atom is -0.417 e. The lowest BCUT2D eigenvalue weighted by Gasteiger charge is -2.41. The lowest BCUT2D eigenvalue weighted by molar-refractivity contribution is 0.0932. The zero-order chi connectivity index (χ0) is 11.7. The Morgan fingerprint density at radius 3 is 2.00 bits per heavy atom. The Bertz CT molecular complexity index is 203. The summed E-state index contributed by atoms with van der Waals surface area (Å²) < 4.78 is 6.27. The first-order chi connectivity index (χ1) is 6.78. The zero-order valence-electron chi connectivity index (χ0n) is 11.4. The summed E-state index contributed by atoms with van der Waals surface area (Å²) in [6.07, 6.45) is 4.17. The van der Waals surface area contributed by atoms with Crippen molar-refractivity contribution in [1.82, 2.24) is 0 Å². The van der Waals surface area contributed by atoms with Gasteiger partial charge in [-0.2, -0.15) is 0 Å². The van der Waals surface area contributed by atoms with E-state index in [2.05, 4.69) is 40.8 Å². The van der Waals surface area contributed by atoms with Crippen LogP contribution in [0.25, 0.3) is 0 Å². The molecule has 0 unspecified atom stereocenters. The molecule has 0 aromatic carbocycles. The Morgan fingerprint density at radius 2 is 1.67 bits per heavy atom. The van der Waals surface area contributed by atoms with Crippen LogP contribution >= 0.6 is 0 Å². The summed E-state index contributed by atoms with van der Waals surface area (Å²) >= 11 is 0. The van der Waals surface area contributed by atoms with Crippen LogP contribution in [0, 0.1) is 11.8 Å². The molecule has 2 heteroatoms. The summed E-state index contributed by atoms with van der Waals surface area (Å²) in [4.78, 5) is 0. The third kappa shape index (κ3) is 3.07. The summed E-state index contributed by atoms with van der Waals surface area (Å²) in [5.74, 6) is 1.82. The number of rotatable bonds is 4. The van der Waals surface area contributed by atoms with Crippen molar-refractivity contribution in [3.63, 3.8) is 0 Å². The van der Waals surface area contributed by atoms with Gasteiger partial charge in [0.25, 0.3) is 0 Å². The van der Waals surface area contributed by atoms with Crippen LogP contribution in [0.1, 0.15) is 47.0 Å². The fraction of sp³-hybridized carbons (Fsp3) is 1.00. The molecule has 1 aliphatic carbocycles. The van der Waals surface area contributed by atoms with Crippen LogP contribution in [-0.2, 0) is 4.43 Å². The van der Waals surface area contributed by atoms with E-state index in [0.717, 1.165) is 18.4 Å². The van der Waals surface area contributed by atoms with Crippen molar-refractivity contribution in [1.29, 1.82) is 0 Å². The van der Waals surface area contributed by atoms with Crippen LogP contribution in [0.4, 0.5) is 0 Å². The first-order valence-electron chi connectivity index (χ1n) is 6.42. The Labute approximate surface area is 96.7 Å². The van der Waals surface area contributed by atoms with Crippen molar-refractivity contribution in [3.8, 4) is 0 Å². The molecule has 0 N–H and O–H groups in total. The standard InChI is InChI=1S/C13H28OSi/c1-7-11-8-9-12(11)10-14-15(5,6)13(2,3)4/h11-12H,7-10H2,1-6H3/t11-,12+/m0/s1. The van der Waals surface area contributed by atoms with E-state index in [1.165, 1.54) is 19.3 Å². The van der Waals surface area contributed by atoms with Gasteiger partial charge in [0, 0.05) is 6.61 Å². The van der Waals surface area contributed by atoms with Gasteiger partial charge in [0.1, 0.15) is 0 Å². The average molecular weight is 228 g/mol. The maximum atomic E-state index is 6.27. The molecule has 1 nitrogen and oxygen atoms in total. The molecule has 0 saturated heterocycles. The molecule has 0 amide bonds. The molecule has 0 radical (unpaired) electrons. The summed E-state index contributed by atoms with van der Waals surface area (Å²) in [6, 6.07) is 0. The van der Waals surface area contributed by atoms with Crippen LogP contribution in [0.5, 0.6) is 0 Å². The predicted octanol–water partition coefficient (Wildman–Crippen LogP) is 4.44. The summed E-state index contributed by atoms with van der Waals surface area (Å²) in [5, 5.41) is 0.360. The molecule has 0 aliphatic heterocycles. The Kier molecular flexibility index (Phi) is 4.05. The minimum absolute atomic E-state index is 0.360. The molecule has 0 bridgehead atoms. The van der Waals surface area contributed by atoms with Crippen LogP contribution in [0.3, 0.4) is 0 Å². The van der Waals surface area contributed by atoms with E-state index in [1.807, 2.05) is 0 Å². The Hall–Kier alpha value is 0.177. The molecule has 1 saturated carbocycles. The summed E-state index contributed by atoms with van der Waals surface area (Å²) in [5.41, 5.74) is 0. The quantitative estimate of drug-likeness (QED) is 0.646. The molecule has 0 aromatic rings. The van der Waals surface area contributed by atoms with Crippen LogP contribution in [-0.4, -0.2) is 14.9 Å². The smallest absolute Gasteiger partial charge is 0.191 e. The zero-order valence-corrected chi connectivity index (χ0v) is 12.4. The first-order valence-corrected chi connectivity index (χ1v) is 9.32. The molecular weight excluding hydrogens is 200 g/mol. The summed E-state index contributed by atoms with van der Waals surface area (Å²) in [6.45, 7) is 15.0. The van der Waals surface area contributed by atoms with Gasteiger partial charge in [-0.05, 0) is 42.8 Å². The van der Waals surface area contributed by atoms with Gasteiger partial charge >= 0.3 is 0 Å². The second-order valence-electron chi connectivity index (χ2n) is 6.58. The third-order valence-corrected chi connectivity index (χ3v) is 9.06. The second-order valence-corrected chi connectivity index (χ2v) is 11.4. The van der Waals surface area contributed by atoms with Gasteiger partial charge in [0.05, 0.1) is 0 Å². The Balaban J connectivity index is 2.36. The Morgan fingerprint density at radius 1 is 1.13 bits per heavy atom. The largest absolute Gasteiger partial charge is 0.417 e. The van der Waals surface area contributed by atoms with Crippen molar-refractivity contribution in [2.45, 2.75) is 65.1 Å². The lowest BCUT2D eigenvalue weighted by Crippen LogP contribution is -2.43. The molecule has 90 valence electrons. The maximum absolute atomic E-state index is 6.27. The van der Waals surface area contributed by atoms with Gasteiger partial charge in [-0.25, -0.2) is 0 Å². The second kappa shape index (κ2) is 4.58. The monoisotopic (exact) mass is 228 g/mol. The third-order valence-electron chi connectivity index (χ3n) is 4.56. The molecule has 0 heterocycles. The van der Waals surface area contributed by atoms with Crippen LogP contribution in [0.2, 0.25) is 18.1 Å². The van der Waals surface area contributed by atoms with Crippen molar-refractivity contribution in [2.75, 3.05) is 6.61 Å². The minimum atomic E-state index is -1.49. The maximum Gasteiger partial charge on any atom is 0.191 e. The van der Waals surface area contributed by atoms with E-state index >= 15 is 0 Å². The van der Waals surface area contributed by atoms with Gasteiger partial charge in [0.2, 0.25) is 0 Å². The number of hydrogen-bond acceptors (Lipinski definition) is 1. The molecule has 1 aliphatic rings. The van der Waals surface area contributed by atoms with Crippen LogP contribution in [0.15, 0.2) is 0 Å². The fourth-order valence-electron chi connectivity index (χ4n) is 1.93. The topological polar surface area (TPSA) is 9.23 Å². The highest BCUT2D eigenvalue weighted by molar-refractivity contribution is 6.74. The van der Waals surface area contributed by atoms with Crippen molar-refractivity contribution in [2.24, 2.45) is 11.8 Å². The first kappa shape index (κ1) is 13.2. The van der Waals surface area contributed by atoms with Gasteiger partial charge in [-0.15, -0.1) is 0 Å². The summed E-state index contributed by atoms with van der Waals surface area (Å²) in [7, 11) is -1.49. The van der Waals surface area contributed by atoms with Gasteiger partial charge < -0.3 is 4.43 Å². The van der Waals surface area contributed by atoms with E-state index < -0.39 is 8.32 Å². The number of hydrogen-bond donors (Lipinski definition) is 0. The van der Waals surface area contributed by atoms with E-state index in [9.17, 15) is 0 Å². The molecular formula is C13H28OSi. The fourth-order valence-corrected chi connectivity index (χ4v) is 2.99. The SMILES string of the molecule is CC[C@H]1CC[C@@H]1CO[Si](C)(C)C(C)(C)C. The van der Waals surface area contributed by atoms with Crippen molar-refractivity contribution in [3.05, 3.63) is 0 Å². The lowest BCUT2D eigenvalue weighted by atomic mass is 9.73. The van der Waals surface area contributed by atoms with Crippen molar-refractivity contribution < 1.29 is 4.43 Å². The van der Waals surface area contributed by atoms with Gasteiger partial charge in [-0.3, -0.25) is 0 Å². The average Bonchev–Trinajstić information content (AvgIpc) is 2.00. The van der Waals surface area contributed by atoms with E-state index in [-0.39, 0.29) is 0 Å². The normalized spacial score (nSPS) is 27.6. The highest BCUT2D eigenvalue weighted by Gasteiger charge is 2.39. The van der Waals surface area contributed by atoms with E-state index in [0.29, 0.717) is 5.04 Å². The van der Waals surface area contributed by atoms with Crippen LogP contribution < -0.4 is 0 Å². The predicted molar refractivity (Wildman–Crippen MR) is 69.7 cm³/mol. The molecule has 1 rings (SSSR count).